The first kappa shape index (κ1) is 14.5. The first-order chi connectivity index (χ1) is 10.1. The molecule has 0 aliphatic rings. The van der Waals surface area contributed by atoms with Crippen molar-refractivity contribution in [2.24, 2.45) is 0 Å². The molecule has 0 aliphatic carbocycles. The van der Waals surface area contributed by atoms with Crippen molar-refractivity contribution in [2.45, 2.75) is 6.42 Å². The van der Waals surface area contributed by atoms with Crippen molar-refractivity contribution in [3.05, 3.63) is 57.5 Å². The summed E-state index contributed by atoms with van der Waals surface area (Å²) in [5.41, 5.74) is 1.79. The van der Waals surface area contributed by atoms with Crippen LogP contribution in [0.1, 0.15) is 5.56 Å². The van der Waals surface area contributed by atoms with Gasteiger partial charge in [0.2, 0.25) is 5.91 Å². The van der Waals surface area contributed by atoms with Crippen LogP contribution in [0.2, 0.25) is 5.02 Å². The number of carbonyl (C=O) groups is 1. The molecule has 0 unspecified atom stereocenters. The van der Waals surface area contributed by atoms with Gasteiger partial charge < -0.3 is 5.32 Å². The van der Waals surface area contributed by atoms with E-state index in [4.69, 9.17) is 11.6 Å². The molecule has 1 amide bonds. The fourth-order valence-electron chi connectivity index (χ4n) is 1.90. The highest BCUT2D eigenvalue weighted by molar-refractivity contribution is 9.10. The predicted molar refractivity (Wildman–Crippen MR) is 91.1 cm³/mol. The van der Waals surface area contributed by atoms with E-state index < -0.39 is 0 Å². The molecule has 0 atom stereocenters. The summed E-state index contributed by atoms with van der Waals surface area (Å²) < 4.78 is 1.95. The topological polar surface area (TPSA) is 42.0 Å². The quantitative estimate of drug-likeness (QED) is 0.701. The fourth-order valence-corrected chi connectivity index (χ4v) is 3.33. The van der Waals surface area contributed by atoms with E-state index in [9.17, 15) is 4.79 Å². The molecule has 0 aliphatic heterocycles. The van der Waals surface area contributed by atoms with Crippen molar-refractivity contribution in [3.63, 3.8) is 0 Å². The molecule has 1 N–H and O–H groups in total. The number of fused-ring (bicyclic) bond motifs is 1. The summed E-state index contributed by atoms with van der Waals surface area (Å²) >= 11 is 10.7. The Labute approximate surface area is 139 Å². The summed E-state index contributed by atoms with van der Waals surface area (Å²) in [6, 6.07) is 13.2. The molecule has 0 spiro atoms. The lowest BCUT2D eigenvalue weighted by Gasteiger charge is -2.02. The number of nitrogens with zero attached hydrogens (tertiary/aromatic N) is 1. The predicted octanol–water partition coefficient (Wildman–Crippen LogP) is 4.89. The highest BCUT2D eigenvalue weighted by Crippen LogP contribution is 2.28. The van der Waals surface area contributed by atoms with Gasteiger partial charge in [-0.15, -0.1) is 0 Å². The third kappa shape index (κ3) is 3.61. The standard InChI is InChI=1S/C15H10BrClN2OS/c16-10-3-1-9(2-4-10)7-14(20)19-15-18-12-6-5-11(17)8-13(12)21-15/h1-6,8H,7H2,(H,18,19,20). The minimum Gasteiger partial charge on any atom is -0.302 e. The molecule has 6 heteroatoms. The minimum absolute atomic E-state index is 0.0810. The molecule has 0 saturated carbocycles. The Morgan fingerprint density at radius 3 is 2.76 bits per heavy atom. The van der Waals surface area contributed by atoms with E-state index in [1.165, 1.54) is 11.3 Å². The maximum absolute atomic E-state index is 12.0. The average Bonchev–Trinajstić information content (AvgIpc) is 2.82. The molecule has 2 aromatic carbocycles. The van der Waals surface area contributed by atoms with Crippen LogP contribution in [0.15, 0.2) is 46.9 Å². The molecule has 106 valence electrons. The molecule has 1 heterocycles. The zero-order valence-corrected chi connectivity index (χ0v) is 13.9. The first-order valence-electron chi connectivity index (χ1n) is 6.20. The van der Waals surface area contributed by atoms with Gasteiger partial charge >= 0.3 is 0 Å². The Morgan fingerprint density at radius 1 is 1.24 bits per heavy atom. The van der Waals surface area contributed by atoms with Crippen LogP contribution in [0.25, 0.3) is 10.2 Å². The molecule has 3 aromatic rings. The van der Waals surface area contributed by atoms with Gasteiger partial charge in [0.15, 0.2) is 5.13 Å². The SMILES string of the molecule is O=C(Cc1ccc(Br)cc1)Nc1nc2ccc(Cl)cc2s1. The van der Waals surface area contributed by atoms with E-state index in [0.29, 0.717) is 16.6 Å². The fraction of sp³-hybridized carbons (Fsp3) is 0.0667. The number of thiazole rings is 1. The zero-order valence-electron chi connectivity index (χ0n) is 10.8. The second-order valence-electron chi connectivity index (χ2n) is 4.48. The molecule has 0 bridgehead atoms. The Balaban J connectivity index is 1.72. The molecule has 21 heavy (non-hydrogen) atoms. The molecular formula is C15H10BrClN2OS. The Morgan fingerprint density at radius 2 is 2.00 bits per heavy atom. The number of aromatic nitrogens is 1. The Bertz CT molecular complexity index is 801. The molecule has 3 nitrogen and oxygen atoms in total. The van der Waals surface area contributed by atoms with Crippen LogP contribution in [0.4, 0.5) is 5.13 Å². The molecule has 3 rings (SSSR count). The van der Waals surface area contributed by atoms with Crippen LogP contribution in [-0.4, -0.2) is 10.9 Å². The Hall–Kier alpha value is -1.43. The normalized spacial score (nSPS) is 10.8. The van der Waals surface area contributed by atoms with Crippen molar-refractivity contribution in [3.8, 4) is 0 Å². The van der Waals surface area contributed by atoms with Gasteiger partial charge in [0.25, 0.3) is 0 Å². The van der Waals surface area contributed by atoms with Crippen LogP contribution in [0, 0.1) is 0 Å². The number of carbonyl (C=O) groups excluding carboxylic acids is 1. The van der Waals surface area contributed by atoms with E-state index in [1.54, 1.807) is 6.07 Å². The number of hydrogen-bond donors (Lipinski definition) is 1. The van der Waals surface area contributed by atoms with Gasteiger partial charge in [0.05, 0.1) is 16.6 Å². The van der Waals surface area contributed by atoms with Gasteiger partial charge in [-0.25, -0.2) is 4.98 Å². The summed E-state index contributed by atoms with van der Waals surface area (Å²) in [6.45, 7) is 0. The van der Waals surface area contributed by atoms with Crippen LogP contribution in [-0.2, 0) is 11.2 Å². The highest BCUT2D eigenvalue weighted by atomic mass is 79.9. The number of rotatable bonds is 3. The first-order valence-corrected chi connectivity index (χ1v) is 8.19. The lowest BCUT2D eigenvalue weighted by atomic mass is 10.1. The second-order valence-corrected chi connectivity index (χ2v) is 6.87. The van der Waals surface area contributed by atoms with E-state index in [1.807, 2.05) is 36.4 Å². The summed E-state index contributed by atoms with van der Waals surface area (Å²) in [7, 11) is 0. The second kappa shape index (κ2) is 6.13. The van der Waals surface area contributed by atoms with Crippen molar-refractivity contribution < 1.29 is 4.79 Å². The highest BCUT2D eigenvalue weighted by Gasteiger charge is 2.09. The van der Waals surface area contributed by atoms with Crippen LogP contribution in [0.5, 0.6) is 0 Å². The van der Waals surface area contributed by atoms with Gasteiger partial charge in [-0.3, -0.25) is 4.79 Å². The van der Waals surface area contributed by atoms with E-state index in [-0.39, 0.29) is 5.91 Å². The smallest absolute Gasteiger partial charge is 0.230 e. The number of benzene rings is 2. The van der Waals surface area contributed by atoms with Gasteiger partial charge in [-0.05, 0) is 35.9 Å². The Kier molecular flexibility index (Phi) is 4.24. The summed E-state index contributed by atoms with van der Waals surface area (Å²) in [6.07, 6.45) is 0.323. The summed E-state index contributed by atoms with van der Waals surface area (Å²) in [5, 5.41) is 4.09. The van der Waals surface area contributed by atoms with Gasteiger partial charge in [0, 0.05) is 9.50 Å². The maximum atomic E-state index is 12.0. The van der Waals surface area contributed by atoms with Crippen molar-refractivity contribution in [2.75, 3.05) is 5.32 Å². The number of amides is 1. The third-order valence-electron chi connectivity index (χ3n) is 2.87. The number of halogens is 2. The van der Waals surface area contributed by atoms with Gasteiger partial charge in [-0.2, -0.15) is 0 Å². The molecular weight excluding hydrogens is 372 g/mol. The minimum atomic E-state index is -0.0810. The van der Waals surface area contributed by atoms with Crippen LogP contribution < -0.4 is 5.32 Å². The van der Waals surface area contributed by atoms with Crippen LogP contribution in [0.3, 0.4) is 0 Å². The zero-order chi connectivity index (χ0) is 14.8. The van der Waals surface area contributed by atoms with E-state index >= 15 is 0 Å². The van der Waals surface area contributed by atoms with Crippen LogP contribution >= 0.6 is 38.9 Å². The van der Waals surface area contributed by atoms with Gasteiger partial charge in [0.1, 0.15) is 0 Å². The lowest BCUT2D eigenvalue weighted by molar-refractivity contribution is -0.115. The molecule has 1 aromatic heterocycles. The largest absolute Gasteiger partial charge is 0.302 e. The summed E-state index contributed by atoms with van der Waals surface area (Å²) in [5.74, 6) is -0.0810. The molecule has 0 radical (unpaired) electrons. The number of nitrogens with one attached hydrogen (secondary N) is 1. The van der Waals surface area contributed by atoms with Gasteiger partial charge in [-0.1, -0.05) is 51.0 Å². The number of anilines is 1. The van der Waals surface area contributed by atoms with Crippen molar-refractivity contribution in [1.82, 2.24) is 4.98 Å². The maximum Gasteiger partial charge on any atom is 0.230 e. The third-order valence-corrected chi connectivity index (χ3v) is 4.57. The van der Waals surface area contributed by atoms with Crippen molar-refractivity contribution >= 4 is 60.1 Å². The average molecular weight is 382 g/mol. The van der Waals surface area contributed by atoms with E-state index in [2.05, 4.69) is 26.2 Å². The molecule has 0 fully saturated rings. The van der Waals surface area contributed by atoms with Crippen molar-refractivity contribution in [1.29, 1.82) is 0 Å². The number of hydrogen-bond acceptors (Lipinski definition) is 3. The molecule has 0 saturated heterocycles. The summed E-state index contributed by atoms with van der Waals surface area (Å²) in [4.78, 5) is 16.4. The van der Waals surface area contributed by atoms with E-state index in [0.717, 1.165) is 20.3 Å². The lowest BCUT2D eigenvalue weighted by Crippen LogP contribution is -2.14. The monoisotopic (exact) mass is 380 g/mol.